The highest BCUT2D eigenvalue weighted by molar-refractivity contribution is 5.73. The van der Waals surface area contributed by atoms with Gasteiger partial charge in [-0.2, -0.15) is 0 Å². The smallest absolute Gasteiger partial charge is 0.219 e. The number of benzene rings is 2. The maximum atomic E-state index is 13.2. The van der Waals surface area contributed by atoms with Gasteiger partial charge in [-0.1, -0.05) is 0 Å². The molecule has 0 spiro atoms. The number of rotatable bonds is 6. The zero-order chi connectivity index (χ0) is 25.1. The monoisotopic (exact) mass is 489 g/mol. The zero-order valence-electron chi connectivity index (χ0n) is 20.0. The minimum atomic E-state index is -1.36. The molecule has 0 unspecified atom stereocenters. The lowest BCUT2D eigenvalue weighted by Crippen LogP contribution is -2.55. The third kappa shape index (κ3) is 6.68. The van der Waals surface area contributed by atoms with E-state index in [9.17, 15) is 23.8 Å². The van der Waals surface area contributed by atoms with Gasteiger partial charge in [0.15, 0.2) is 0 Å². The van der Waals surface area contributed by atoms with Gasteiger partial charge in [0.05, 0.1) is 12.1 Å². The molecule has 2 heterocycles. The molecule has 1 atom stereocenters. The van der Waals surface area contributed by atoms with Gasteiger partial charge in [-0.25, -0.2) is 8.78 Å². The van der Waals surface area contributed by atoms with Crippen LogP contribution in [0.2, 0.25) is 0 Å². The second-order valence-electron chi connectivity index (χ2n) is 9.81. The molecule has 2 aromatic rings. The Hall–Kier alpha value is -2.75. The Kier molecular flexibility index (Phi) is 7.59. The molecule has 0 radical (unpaired) electrons. The summed E-state index contributed by atoms with van der Waals surface area (Å²) in [5.41, 5.74) is -1.38. The van der Waals surface area contributed by atoms with Crippen molar-refractivity contribution in [1.29, 1.82) is 0 Å². The van der Waals surface area contributed by atoms with Crippen molar-refractivity contribution in [3.8, 4) is 5.75 Å². The van der Waals surface area contributed by atoms with E-state index in [0.717, 1.165) is 5.69 Å². The first kappa shape index (κ1) is 25.3. The summed E-state index contributed by atoms with van der Waals surface area (Å²) in [6.45, 7) is 4.30. The third-order valence-corrected chi connectivity index (χ3v) is 6.86. The molecule has 2 aromatic carbocycles. The molecule has 4 rings (SSSR count). The van der Waals surface area contributed by atoms with Crippen LogP contribution < -0.4 is 9.64 Å². The van der Waals surface area contributed by atoms with Crippen molar-refractivity contribution in [2.75, 3.05) is 57.3 Å². The molecular formula is C26H33F2N3O4. The van der Waals surface area contributed by atoms with Gasteiger partial charge in [0.1, 0.15) is 29.6 Å². The lowest BCUT2D eigenvalue weighted by Gasteiger charge is -2.42. The number of amides is 1. The van der Waals surface area contributed by atoms with E-state index < -0.39 is 11.2 Å². The number of anilines is 1. The van der Waals surface area contributed by atoms with Gasteiger partial charge in [-0.3, -0.25) is 9.69 Å². The minimum absolute atomic E-state index is 0.0737. The van der Waals surface area contributed by atoms with Gasteiger partial charge in [0, 0.05) is 51.9 Å². The van der Waals surface area contributed by atoms with Gasteiger partial charge in [-0.05, 0) is 61.4 Å². The summed E-state index contributed by atoms with van der Waals surface area (Å²) in [7, 11) is 0. The highest BCUT2D eigenvalue weighted by Crippen LogP contribution is 2.29. The van der Waals surface area contributed by atoms with Crippen LogP contribution in [0.25, 0.3) is 0 Å². The van der Waals surface area contributed by atoms with Crippen molar-refractivity contribution in [3.63, 3.8) is 0 Å². The number of aliphatic hydroxyl groups is 2. The number of nitrogens with zero attached hydrogens (tertiary/aromatic N) is 3. The van der Waals surface area contributed by atoms with Crippen molar-refractivity contribution < 1.29 is 28.5 Å². The van der Waals surface area contributed by atoms with E-state index in [-0.39, 0.29) is 37.2 Å². The Morgan fingerprint density at radius 3 is 2.09 bits per heavy atom. The summed E-state index contributed by atoms with van der Waals surface area (Å²) in [4.78, 5) is 17.8. The van der Waals surface area contributed by atoms with Crippen LogP contribution in [0.4, 0.5) is 14.5 Å². The first-order valence-corrected chi connectivity index (χ1v) is 11.9. The van der Waals surface area contributed by atoms with Crippen molar-refractivity contribution in [3.05, 3.63) is 60.2 Å². The number of hydrogen-bond acceptors (Lipinski definition) is 6. The fourth-order valence-corrected chi connectivity index (χ4v) is 4.89. The average Bonchev–Trinajstić information content (AvgIpc) is 2.98. The molecule has 1 amide bonds. The predicted octanol–water partition coefficient (Wildman–Crippen LogP) is 2.27. The third-order valence-electron chi connectivity index (χ3n) is 6.86. The molecule has 35 heavy (non-hydrogen) atoms. The molecule has 2 N–H and O–H groups in total. The average molecular weight is 490 g/mol. The van der Waals surface area contributed by atoms with Gasteiger partial charge in [0.2, 0.25) is 5.91 Å². The maximum absolute atomic E-state index is 13.2. The maximum Gasteiger partial charge on any atom is 0.219 e. The quantitative estimate of drug-likeness (QED) is 0.649. The minimum Gasteiger partial charge on any atom is -0.490 e. The van der Waals surface area contributed by atoms with E-state index in [0.29, 0.717) is 51.3 Å². The molecule has 0 saturated carbocycles. The van der Waals surface area contributed by atoms with Crippen LogP contribution in [0.5, 0.6) is 5.75 Å². The Morgan fingerprint density at radius 2 is 1.49 bits per heavy atom. The van der Waals surface area contributed by atoms with Crippen LogP contribution in [0.1, 0.15) is 19.8 Å². The predicted molar refractivity (Wildman–Crippen MR) is 128 cm³/mol. The Morgan fingerprint density at radius 1 is 0.886 bits per heavy atom. The molecule has 0 bridgehead atoms. The first-order valence-electron chi connectivity index (χ1n) is 11.9. The first-order chi connectivity index (χ1) is 16.6. The van der Waals surface area contributed by atoms with Crippen LogP contribution in [0.3, 0.4) is 0 Å². The van der Waals surface area contributed by atoms with E-state index in [2.05, 4.69) is 4.90 Å². The number of hydrogen-bond donors (Lipinski definition) is 2. The Balaban J connectivity index is 1.40. The van der Waals surface area contributed by atoms with Crippen molar-refractivity contribution >= 4 is 11.6 Å². The number of ether oxygens (including phenoxy) is 1. The molecule has 2 fully saturated rings. The summed E-state index contributed by atoms with van der Waals surface area (Å²) in [5, 5.41) is 22.8. The second kappa shape index (κ2) is 10.5. The lowest BCUT2D eigenvalue weighted by atomic mass is 9.90. The molecule has 190 valence electrons. The molecular weight excluding hydrogens is 456 g/mol. The zero-order valence-corrected chi connectivity index (χ0v) is 20.0. The number of halogens is 2. The summed E-state index contributed by atoms with van der Waals surface area (Å²) in [6, 6.07) is 11.9. The summed E-state index contributed by atoms with van der Waals surface area (Å²) >= 11 is 0. The number of piperidine rings is 1. The Labute approximate surface area is 204 Å². The lowest BCUT2D eigenvalue weighted by molar-refractivity contribution is -0.132. The van der Waals surface area contributed by atoms with Gasteiger partial charge in [-0.15, -0.1) is 0 Å². The van der Waals surface area contributed by atoms with E-state index in [4.69, 9.17) is 4.74 Å². The fraction of sp³-hybridized carbons (Fsp3) is 0.500. The van der Waals surface area contributed by atoms with Crippen LogP contribution in [-0.4, -0.2) is 89.5 Å². The van der Waals surface area contributed by atoms with Crippen LogP contribution in [0.15, 0.2) is 48.5 Å². The number of carbonyl (C=O) groups excluding carboxylic acids is 1. The SMILES string of the molecule is CC(=O)N1CCN(CC2(O)CCN(c3ccc(F)cc3)CC2)C[C@](O)(COc2ccc(F)cc2)C1. The normalized spacial score (nSPS) is 23.1. The molecule has 2 saturated heterocycles. The largest absolute Gasteiger partial charge is 0.490 e. The molecule has 0 aromatic heterocycles. The second-order valence-corrected chi connectivity index (χ2v) is 9.81. The summed E-state index contributed by atoms with van der Waals surface area (Å²) in [6.07, 6.45) is 1.06. The van der Waals surface area contributed by atoms with Crippen molar-refractivity contribution in [2.45, 2.75) is 31.0 Å². The standard InChI is InChI=1S/C26H33F2N3O4/c1-20(32)31-15-14-29(17-26(34,18-31)19-35-24-8-4-22(28)5-9-24)16-25(33)10-12-30(13-11-25)23-6-2-21(27)3-7-23/h2-9,33-34H,10-19H2,1H3/t26-/m1/s1. The highest BCUT2D eigenvalue weighted by atomic mass is 19.1. The molecule has 0 aliphatic carbocycles. The van der Waals surface area contributed by atoms with Crippen LogP contribution in [0, 0.1) is 11.6 Å². The number of carbonyl (C=O) groups is 1. The van der Waals surface area contributed by atoms with E-state index in [1.165, 1.54) is 43.3 Å². The molecule has 9 heteroatoms. The van der Waals surface area contributed by atoms with Crippen LogP contribution in [-0.2, 0) is 4.79 Å². The van der Waals surface area contributed by atoms with Crippen molar-refractivity contribution in [1.82, 2.24) is 9.80 Å². The van der Waals surface area contributed by atoms with E-state index in [1.54, 1.807) is 17.0 Å². The van der Waals surface area contributed by atoms with Crippen LogP contribution >= 0.6 is 0 Å². The molecule has 7 nitrogen and oxygen atoms in total. The van der Waals surface area contributed by atoms with Gasteiger partial charge < -0.3 is 24.7 Å². The van der Waals surface area contributed by atoms with E-state index >= 15 is 0 Å². The molecule has 2 aliphatic heterocycles. The number of β-amino-alcohol motifs (C(OH)–C–C–N with tert-alkyl or cyclic N) is 2. The highest BCUT2D eigenvalue weighted by Gasteiger charge is 2.40. The van der Waals surface area contributed by atoms with Gasteiger partial charge >= 0.3 is 0 Å². The van der Waals surface area contributed by atoms with E-state index in [1.807, 2.05) is 4.90 Å². The Bertz CT molecular complexity index is 997. The molecule has 2 aliphatic rings. The fourth-order valence-electron chi connectivity index (χ4n) is 4.89. The van der Waals surface area contributed by atoms with Gasteiger partial charge in [0.25, 0.3) is 0 Å². The topological polar surface area (TPSA) is 76.5 Å². The van der Waals surface area contributed by atoms with Crippen molar-refractivity contribution in [2.24, 2.45) is 0 Å². The summed E-state index contributed by atoms with van der Waals surface area (Å²) in [5.74, 6) is -0.368. The summed E-state index contributed by atoms with van der Waals surface area (Å²) < 4.78 is 32.2.